The first-order valence-electron chi connectivity index (χ1n) is 8.51. The molecule has 1 fully saturated rings. The molecule has 1 aliphatic carbocycles. The van der Waals surface area contributed by atoms with Crippen LogP contribution in [-0.4, -0.2) is 33.4 Å². The average molecular weight is 316 g/mol. The zero-order valence-electron chi connectivity index (χ0n) is 14.0. The van der Waals surface area contributed by atoms with Crippen LogP contribution in [0, 0.1) is 5.41 Å². The van der Waals surface area contributed by atoms with E-state index in [2.05, 4.69) is 6.92 Å². The summed E-state index contributed by atoms with van der Waals surface area (Å²) in [5.41, 5.74) is -1.49. The van der Waals surface area contributed by atoms with Crippen molar-refractivity contribution in [2.75, 3.05) is 0 Å². The van der Waals surface area contributed by atoms with E-state index in [1.54, 1.807) is 0 Å². The van der Waals surface area contributed by atoms with Gasteiger partial charge in [0.15, 0.2) is 5.41 Å². The van der Waals surface area contributed by atoms with Crippen LogP contribution < -0.4 is 0 Å². The SMILES string of the molecule is CCCCCCCC(C)O.O=C(O)C1(C(=O)O)CCCCC1. The van der Waals surface area contributed by atoms with Crippen molar-refractivity contribution < 1.29 is 24.9 Å². The Balaban J connectivity index is 0.000000409. The molecule has 0 amide bonds. The number of hydrogen-bond acceptors (Lipinski definition) is 3. The molecule has 0 aromatic rings. The molecule has 1 rings (SSSR count). The van der Waals surface area contributed by atoms with E-state index in [1.165, 1.54) is 32.1 Å². The Bertz CT molecular complexity index is 303. The molecule has 0 bridgehead atoms. The molecule has 5 heteroatoms. The van der Waals surface area contributed by atoms with Crippen LogP contribution in [0.25, 0.3) is 0 Å². The molecule has 0 saturated heterocycles. The van der Waals surface area contributed by atoms with Gasteiger partial charge in [-0.25, -0.2) is 0 Å². The van der Waals surface area contributed by atoms with Crippen LogP contribution in [0.3, 0.4) is 0 Å². The largest absolute Gasteiger partial charge is 0.480 e. The lowest BCUT2D eigenvalue weighted by atomic mass is 9.74. The summed E-state index contributed by atoms with van der Waals surface area (Å²) in [6.45, 7) is 4.08. The van der Waals surface area contributed by atoms with Gasteiger partial charge in [-0.1, -0.05) is 58.3 Å². The first-order valence-corrected chi connectivity index (χ1v) is 8.51. The van der Waals surface area contributed by atoms with Gasteiger partial charge in [-0.15, -0.1) is 0 Å². The summed E-state index contributed by atoms with van der Waals surface area (Å²) in [5, 5.41) is 26.5. The maximum absolute atomic E-state index is 10.7. The maximum atomic E-state index is 10.7. The molecule has 0 heterocycles. The summed E-state index contributed by atoms with van der Waals surface area (Å²) in [7, 11) is 0. The second-order valence-electron chi connectivity index (χ2n) is 6.30. The van der Waals surface area contributed by atoms with Gasteiger partial charge in [0.1, 0.15) is 0 Å². The third kappa shape index (κ3) is 7.78. The molecule has 5 nitrogen and oxygen atoms in total. The zero-order valence-corrected chi connectivity index (χ0v) is 14.0. The highest BCUT2D eigenvalue weighted by molar-refractivity contribution is 5.98. The minimum absolute atomic E-state index is 0.0957. The minimum atomic E-state index is -1.49. The summed E-state index contributed by atoms with van der Waals surface area (Å²) in [4.78, 5) is 21.5. The number of aliphatic hydroxyl groups excluding tert-OH is 1. The lowest BCUT2D eigenvalue weighted by Gasteiger charge is -2.28. The van der Waals surface area contributed by atoms with Crippen molar-refractivity contribution in [1.29, 1.82) is 0 Å². The highest BCUT2D eigenvalue weighted by atomic mass is 16.4. The van der Waals surface area contributed by atoms with Gasteiger partial charge in [0.05, 0.1) is 6.10 Å². The molecule has 0 aromatic carbocycles. The highest BCUT2D eigenvalue weighted by Gasteiger charge is 2.46. The highest BCUT2D eigenvalue weighted by Crippen LogP contribution is 2.36. The third-order valence-electron chi connectivity index (χ3n) is 4.25. The van der Waals surface area contributed by atoms with E-state index in [4.69, 9.17) is 15.3 Å². The smallest absolute Gasteiger partial charge is 0.321 e. The van der Waals surface area contributed by atoms with E-state index in [0.29, 0.717) is 12.8 Å². The van der Waals surface area contributed by atoms with Crippen molar-refractivity contribution in [3.8, 4) is 0 Å². The number of unbranched alkanes of at least 4 members (excludes halogenated alkanes) is 4. The molecular weight excluding hydrogens is 284 g/mol. The van der Waals surface area contributed by atoms with E-state index < -0.39 is 17.4 Å². The summed E-state index contributed by atoms with van der Waals surface area (Å²) >= 11 is 0. The fourth-order valence-electron chi connectivity index (χ4n) is 2.72. The molecule has 1 saturated carbocycles. The number of aliphatic hydroxyl groups is 1. The fraction of sp³-hybridized carbons (Fsp3) is 0.882. The molecular formula is C17H32O5. The van der Waals surface area contributed by atoms with E-state index in [-0.39, 0.29) is 18.9 Å². The van der Waals surface area contributed by atoms with E-state index in [0.717, 1.165) is 12.8 Å². The topological polar surface area (TPSA) is 94.8 Å². The predicted molar refractivity (Wildman–Crippen MR) is 85.8 cm³/mol. The monoisotopic (exact) mass is 316 g/mol. The molecule has 0 aromatic heterocycles. The molecule has 3 N–H and O–H groups in total. The number of rotatable bonds is 8. The summed E-state index contributed by atoms with van der Waals surface area (Å²) in [6.07, 6.45) is 10.3. The lowest BCUT2D eigenvalue weighted by Crippen LogP contribution is -2.40. The van der Waals surface area contributed by atoms with Crippen LogP contribution in [0.4, 0.5) is 0 Å². The van der Waals surface area contributed by atoms with Gasteiger partial charge >= 0.3 is 11.9 Å². The van der Waals surface area contributed by atoms with Crippen molar-refractivity contribution in [2.24, 2.45) is 5.41 Å². The summed E-state index contributed by atoms with van der Waals surface area (Å²) in [5.74, 6) is -2.37. The first-order chi connectivity index (χ1) is 10.4. The van der Waals surface area contributed by atoms with Crippen molar-refractivity contribution in [3.63, 3.8) is 0 Å². The quantitative estimate of drug-likeness (QED) is 0.467. The first kappa shape index (κ1) is 20.9. The Morgan fingerprint density at radius 3 is 1.82 bits per heavy atom. The predicted octanol–water partition coefficient (Wildman–Crippen LogP) is 3.83. The third-order valence-corrected chi connectivity index (χ3v) is 4.25. The molecule has 130 valence electrons. The average Bonchev–Trinajstić information content (AvgIpc) is 2.48. The molecule has 1 atom stereocenters. The lowest BCUT2D eigenvalue weighted by molar-refractivity contribution is -0.167. The Hall–Kier alpha value is -1.10. The Labute approximate surface area is 133 Å². The zero-order chi connectivity index (χ0) is 17.0. The standard InChI is InChI=1S/C9H20O.C8H12O4/c1-3-4-5-6-7-8-9(2)10;9-6(10)8(7(11)12)4-2-1-3-5-8/h9-10H,3-8H2,1-2H3;1-5H2,(H,9,10)(H,11,12). The normalized spacial score (nSPS) is 18.0. The van der Waals surface area contributed by atoms with Gasteiger partial charge in [0.25, 0.3) is 0 Å². The van der Waals surface area contributed by atoms with Crippen LogP contribution >= 0.6 is 0 Å². The van der Waals surface area contributed by atoms with Gasteiger partial charge in [0, 0.05) is 0 Å². The number of carboxylic acid groups (broad SMARTS) is 2. The Morgan fingerprint density at radius 1 is 0.955 bits per heavy atom. The number of carbonyl (C=O) groups is 2. The van der Waals surface area contributed by atoms with Crippen LogP contribution in [-0.2, 0) is 9.59 Å². The van der Waals surface area contributed by atoms with E-state index >= 15 is 0 Å². The van der Waals surface area contributed by atoms with Crippen LogP contribution in [0.15, 0.2) is 0 Å². The second-order valence-corrected chi connectivity index (χ2v) is 6.30. The van der Waals surface area contributed by atoms with Gasteiger partial charge in [-0.05, 0) is 26.2 Å². The molecule has 1 unspecified atom stereocenters. The van der Waals surface area contributed by atoms with Gasteiger partial charge in [0.2, 0.25) is 0 Å². The van der Waals surface area contributed by atoms with Crippen molar-refractivity contribution in [3.05, 3.63) is 0 Å². The van der Waals surface area contributed by atoms with Crippen LogP contribution in [0.1, 0.15) is 84.5 Å². The summed E-state index contributed by atoms with van der Waals surface area (Å²) in [6, 6.07) is 0. The molecule has 22 heavy (non-hydrogen) atoms. The van der Waals surface area contributed by atoms with E-state index in [1.807, 2.05) is 6.92 Å². The molecule has 0 radical (unpaired) electrons. The molecule has 0 aliphatic heterocycles. The second kappa shape index (κ2) is 11.5. The summed E-state index contributed by atoms with van der Waals surface area (Å²) < 4.78 is 0. The van der Waals surface area contributed by atoms with Gasteiger partial charge in [-0.2, -0.15) is 0 Å². The Morgan fingerprint density at radius 2 is 1.45 bits per heavy atom. The number of hydrogen-bond donors (Lipinski definition) is 3. The Kier molecular flexibility index (Phi) is 10.9. The minimum Gasteiger partial charge on any atom is -0.480 e. The van der Waals surface area contributed by atoms with Crippen molar-refractivity contribution in [1.82, 2.24) is 0 Å². The van der Waals surface area contributed by atoms with Crippen molar-refractivity contribution in [2.45, 2.75) is 90.6 Å². The molecule has 0 spiro atoms. The number of carboxylic acids is 2. The maximum Gasteiger partial charge on any atom is 0.321 e. The van der Waals surface area contributed by atoms with Gasteiger partial charge in [-0.3, -0.25) is 9.59 Å². The number of aliphatic carboxylic acids is 2. The fourth-order valence-corrected chi connectivity index (χ4v) is 2.72. The van der Waals surface area contributed by atoms with Crippen LogP contribution in [0.2, 0.25) is 0 Å². The van der Waals surface area contributed by atoms with Crippen LogP contribution in [0.5, 0.6) is 0 Å². The molecule has 1 aliphatic rings. The van der Waals surface area contributed by atoms with Crippen molar-refractivity contribution >= 4 is 11.9 Å². The van der Waals surface area contributed by atoms with Gasteiger partial charge < -0.3 is 15.3 Å². The van der Waals surface area contributed by atoms with E-state index in [9.17, 15) is 9.59 Å².